The van der Waals surface area contributed by atoms with Crippen LogP contribution in [0.15, 0.2) is 21.9 Å². The lowest BCUT2D eigenvalue weighted by molar-refractivity contribution is -0.0649. The van der Waals surface area contributed by atoms with Crippen molar-refractivity contribution < 1.29 is 9.84 Å². The number of hydrogen-bond donors (Lipinski definition) is 2. The van der Waals surface area contributed by atoms with E-state index in [1.807, 2.05) is 0 Å². The van der Waals surface area contributed by atoms with E-state index in [9.17, 15) is 14.7 Å². The maximum atomic E-state index is 11.5. The van der Waals surface area contributed by atoms with Crippen LogP contribution >= 0.6 is 0 Å². The molecule has 17 heavy (non-hydrogen) atoms. The summed E-state index contributed by atoms with van der Waals surface area (Å²) in [4.78, 5) is 24.6. The molecular weight excluding hydrogens is 224 g/mol. The minimum Gasteiger partial charge on any atom is -0.392 e. The SMILES string of the molecule is C#CC1(CO)CCC(n2ccc(=O)[nH]c2=O)O1. The predicted octanol–water partition coefficient (Wildman–Crippen LogP) is -0.790. The number of H-pyrrole nitrogens is 1. The van der Waals surface area contributed by atoms with Gasteiger partial charge in [-0.2, -0.15) is 0 Å². The summed E-state index contributed by atoms with van der Waals surface area (Å²) in [5.41, 5.74) is -2.04. The van der Waals surface area contributed by atoms with Gasteiger partial charge in [-0.15, -0.1) is 6.42 Å². The van der Waals surface area contributed by atoms with E-state index in [4.69, 9.17) is 11.2 Å². The molecule has 0 aliphatic carbocycles. The summed E-state index contributed by atoms with van der Waals surface area (Å²) >= 11 is 0. The third-order valence-electron chi connectivity index (χ3n) is 2.84. The average molecular weight is 236 g/mol. The summed E-state index contributed by atoms with van der Waals surface area (Å²) in [6.45, 7) is -0.294. The van der Waals surface area contributed by atoms with Crippen LogP contribution in [0.25, 0.3) is 0 Å². The first kappa shape index (κ1) is 11.6. The van der Waals surface area contributed by atoms with Crippen molar-refractivity contribution in [2.45, 2.75) is 24.7 Å². The topological polar surface area (TPSA) is 84.3 Å². The Kier molecular flexibility index (Phi) is 2.88. The largest absolute Gasteiger partial charge is 0.392 e. The molecule has 2 rings (SSSR count). The summed E-state index contributed by atoms with van der Waals surface area (Å²) in [5, 5.41) is 9.18. The number of nitrogens with one attached hydrogen (secondary N) is 1. The van der Waals surface area contributed by atoms with Gasteiger partial charge in [-0.25, -0.2) is 4.79 Å². The number of terminal acetylenes is 1. The van der Waals surface area contributed by atoms with E-state index >= 15 is 0 Å². The first-order valence-corrected chi connectivity index (χ1v) is 5.18. The number of nitrogens with zero attached hydrogens (tertiary/aromatic N) is 1. The molecule has 1 fully saturated rings. The normalized spacial score (nSPS) is 27.9. The van der Waals surface area contributed by atoms with Crippen molar-refractivity contribution in [2.75, 3.05) is 6.61 Å². The van der Waals surface area contributed by atoms with Gasteiger partial charge in [-0.1, -0.05) is 5.92 Å². The van der Waals surface area contributed by atoms with Crippen molar-refractivity contribution in [1.29, 1.82) is 0 Å². The van der Waals surface area contributed by atoms with Crippen LogP contribution in [0.3, 0.4) is 0 Å². The van der Waals surface area contributed by atoms with Crippen LogP contribution in [0.5, 0.6) is 0 Å². The molecular formula is C11H12N2O4. The van der Waals surface area contributed by atoms with E-state index in [2.05, 4.69) is 10.9 Å². The number of aromatic amines is 1. The molecule has 6 heteroatoms. The smallest absolute Gasteiger partial charge is 0.330 e. The third-order valence-corrected chi connectivity index (χ3v) is 2.84. The molecule has 1 aromatic heterocycles. The second-order valence-electron chi connectivity index (χ2n) is 3.93. The van der Waals surface area contributed by atoms with E-state index < -0.39 is 23.1 Å². The Labute approximate surface area is 96.9 Å². The number of aromatic nitrogens is 2. The summed E-state index contributed by atoms with van der Waals surface area (Å²) in [6.07, 6.45) is 7.08. The Balaban J connectivity index is 2.30. The summed E-state index contributed by atoms with van der Waals surface area (Å²) in [7, 11) is 0. The minimum atomic E-state index is -1.03. The molecule has 0 amide bonds. The van der Waals surface area contributed by atoms with Crippen molar-refractivity contribution >= 4 is 0 Å². The number of aliphatic hydroxyl groups is 1. The van der Waals surface area contributed by atoms with Gasteiger partial charge in [0.25, 0.3) is 5.56 Å². The van der Waals surface area contributed by atoms with Crippen LogP contribution in [0.4, 0.5) is 0 Å². The number of rotatable bonds is 2. The van der Waals surface area contributed by atoms with Crippen molar-refractivity contribution in [3.8, 4) is 12.3 Å². The van der Waals surface area contributed by atoms with Gasteiger partial charge < -0.3 is 9.84 Å². The van der Waals surface area contributed by atoms with Gasteiger partial charge in [-0.05, 0) is 12.8 Å². The standard InChI is InChI=1S/C11H12N2O4/c1-2-11(7-14)5-3-9(17-11)13-6-4-8(15)12-10(13)16/h1,4,6,9,14H,3,5,7H2,(H,12,15,16). The quantitative estimate of drug-likeness (QED) is 0.659. The summed E-state index contributed by atoms with van der Waals surface area (Å²) in [6, 6.07) is 1.24. The van der Waals surface area contributed by atoms with E-state index in [0.717, 1.165) is 0 Å². The molecule has 1 aromatic rings. The van der Waals surface area contributed by atoms with Gasteiger partial charge in [0, 0.05) is 12.3 Å². The Bertz CT molecular complexity index is 568. The lowest BCUT2D eigenvalue weighted by Gasteiger charge is -2.21. The minimum absolute atomic E-state index is 0.294. The molecule has 2 atom stereocenters. The predicted molar refractivity (Wildman–Crippen MR) is 59.3 cm³/mol. The molecule has 0 saturated carbocycles. The molecule has 90 valence electrons. The molecule has 1 saturated heterocycles. The van der Waals surface area contributed by atoms with Crippen LogP contribution in [0.1, 0.15) is 19.1 Å². The number of hydrogen-bond acceptors (Lipinski definition) is 4. The number of ether oxygens (including phenoxy) is 1. The molecule has 0 aromatic carbocycles. The van der Waals surface area contributed by atoms with Crippen LogP contribution < -0.4 is 11.2 Å². The zero-order chi connectivity index (χ0) is 12.5. The highest BCUT2D eigenvalue weighted by Crippen LogP contribution is 2.34. The van der Waals surface area contributed by atoms with Gasteiger partial charge in [0.05, 0.1) is 6.61 Å². The molecule has 0 radical (unpaired) electrons. The fraction of sp³-hybridized carbons (Fsp3) is 0.455. The maximum absolute atomic E-state index is 11.5. The van der Waals surface area contributed by atoms with Crippen LogP contribution in [-0.4, -0.2) is 26.9 Å². The third kappa shape index (κ3) is 2.02. The summed E-state index contributed by atoms with van der Waals surface area (Å²) < 4.78 is 6.77. The molecule has 2 unspecified atom stereocenters. The first-order chi connectivity index (χ1) is 8.10. The molecule has 2 N–H and O–H groups in total. The van der Waals surface area contributed by atoms with Gasteiger partial charge in [-0.3, -0.25) is 14.3 Å². The first-order valence-electron chi connectivity index (χ1n) is 5.18. The second-order valence-corrected chi connectivity index (χ2v) is 3.93. The monoisotopic (exact) mass is 236 g/mol. The highest BCUT2D eigenvalue weighted by atomic mass is 16.5. The summed E-state index contributed by atoms with van der Waals surface area (Å²) in [5.74, 6) is 2.40. The van der Waals surface area contributed by atoms with Gasteiger partial charge in [0.1, 0.15) is 6.23 Å². The molecule has 1 aliphatic rings. The van der Waals surface area contributed by atoms with E-state index in [-0.39, 0.29) is 6.61 Å². The molecule has 6 nitrogen and oxygen atoms in total. The Morgan fingerprint density at radius 2 is 2.47 bits per heavy atom. The Morgan fingerprint density at radius 1 is 1.71 bits per heavy atom. The molecule has 0 spiro atoms. The van der Waals surface area contributed by atoms with Gasteiger partial charge >= 0.3 is 5.69 Å². The van der Waals surface area contributed by atoms with Gasteiger partial charge in [0.15, 0.2) is 5.60 Å². The van der Waals surface area contributed by atoms with Crippen molar-refractivity contribution in [3.63, 3.8) is 0 Å². The molecule has 1 aliphatic heterocycles. The van der Waals surface area contributed by atoms with Crippen LogP contribution in [0, 0.1) is 12.3 Å². The fourth-order valence-electron chi connectivity index (χ4n) is 1.85. The lowest BCUT2D eigenvalue weighted by atomic mass is 10.0. The van der Waals surface area contributed by atoms with E-state index in [1.54, 1.807) is 0 Å². The van der Waals surface area contributed by atoms with Crippen LogP contribution in [0.2, 0.25) is 0 Å². The van der Waals surface area contributed by atoms with E-state index in [0.29, 0.717) is 12.8 Å². The average Bonchev–Trinajstić information content (AvgIpc) is 2.74. The van der Waals surface area contributed by atoms with Gasteiger partial charge in [0.2, 0.25) is 0 Å². The number of aliphatic hydroxyl groups excluding tert-OH is 1. The Hall–Kier alpha value is -1.84. The zero-order valence-corrected chi connectivity index (χ0v) is 9.05. The highest BCUT2D eigenvalue weighted by molar-refractivity contribution is 5.11. The van der Waals surface area contributed by atoms with E-state index in [1.165, 1.54) is 16.8 Å². The molecule has 0 bridgehead atoms. The van der Waals surface area contributed by atoms with Crippen LogP contribution in [-0.2, 0) is 4.74 Å². The van der Waals surface area contributed by atoms with Crippen molar-refractivity contribution in [2.24, 2.45) is 0 Å². The van der Waals surface area contributed by atoms with Crippen molar-refractivity contribution in [1.82, 2.24) is 9.55 Å². The lowest BCUT2D eigenvalue weighted by Crippen LogP contribution is -2.35. The highest BCUT2D eigenvalue weighted by Gasteiger charge is 2.39. The maximum Gasteiger partial charge on any atom is 0.330 e. The molecule has 2 heterocycles. The second kappa shape index (κ2) is 4.20. The fourth-order valence-corrected chi connectivity index (χ4v) is 1.85. The van der Waals surface area contributed by atoms with Crippen molar-refractivity contribution in [3.05, 3.63) is 33.1 Å². The Morgan fingerprint density at radius 3 is 3.00 bits per heavy atom. The zero-order valence-electron chi connectivity index (χ0n) is 9.05.